The second-order valence-corrected chi connectivity index (χ2v) is 8.37. The van der Waals surface area contributed by atoms with E-state index in [9.17, 15) is 9.59 Å². The van der Waals surface area contributed by atoms with E-state index in [0.717, 1.165) is 28.4 Å². The van der Waals surface area contributed by atoms with Gasteiger partial charge in [-0.3, -0.25) is 4.79 Å². The second kappa shape index (κ2) is 6.39. The van der Waals surface area contributed by atoms with Crippen LogP contribution >= 0.6 is 15.9 Å². The lowest BCUT2D eigenvalue weighted by atomic mass is 10.0. The number of hydrogen-bond donors (Lipinski definition) is 0. The van der Waals surface area contributed by atoms with Gasteiger partial charge in [0.15, 0.2) is 0 Å². The molecule has 0 saturated carbocycles. The lowest BCUT2D eigenvalue weighted by Gasteiger charge is -2.38. The number of rotatable bonds is 1. The molecule has 0 unspecified atom stereocenters. The summed E-state index contributed by atoms with van der Waals surface area (Å²) in [6.07, 6.45) is 1.51. The maximum atomic E-state index is 12.7. The molecule has 1 saturated heterocycles. The average Bonchev–Trinajstić information content (AvgIpc) is 2.82. The van der Waals surface area contributed by atoms with Crippen LogP contribution in [0.4, 0.5) is 4.79 Å². The number of nitrogens with zero attached hydrogens (tertiary/aromatic N) is 2. The maximum absolute atomic E-state index is 12.7. The van der Waals surface area contributed by atoms with E-state index in [0.29, 0.717) is 19.6 Å². The zero-order chi connectivity index (χ0) is 17.5. The van der Waals surface area contributed by atoms with Crippen molar-refractivity contribution in [2.75, 3.05) is 13.1 Å². The van der Waals surface area contributed by atoms with Crippen molar-refractivity contribution in [3.05, 3.63) is 33.8 Å². The van der Waals surface area contributed by atoms with Crippen molar-refractivity contribution < 1.29 is 14.3 Å². The van der Waals surface area contributed by atoms with Gasteiger partial charge in [-0.15, -0.1) is 0 Å². The Hall–Kier alpha value is -1.56. The first kappa shape index (κ1) is 17.3. The molecule has 1 fully saturated rings. The van der Waals surface area contributed by atoms with Crippen molar-refractivity contribution in [3.63, 3.8) is 0 Å². The molecule has 0 bridgehead atoms. The Kier molecular flexibility index (Phi) is 4.60. The van der Waals surface area contributed by atoms with Crippen LogP contribution in [0, 0.1) is 0 Å². The van der Waals surface area contributed by atoms with Gasteiger partial charge in [-0.2, -0.15) is 0 Å². The van der Waals surface area contributed by atoms with Gasteiger partial charge in [0.2, 0.25) is 0 Å². The van der Waals surface area contributed by atoms with Gasteiger partial charge in [-0.1, -0.05) is 15.9 Å². The molecule has 24 heavy (non-hydrogen) atoms. The Bertz CT molecular complexity index is 669. The number of benzene rings is 1. The molecule has 0 N–H and O–H groups in total. The monoisotopic (exact) mass is 394 g/mol. The molecular weight excluding hydrogens is 372 g/mol. The summed E-state index contributed by atoms with van der Waals surface area (Å²) in [6, 6.07) is 5.82. The van der Waals surface area contributed by atoms with Crippen molar-refractivity contribution in [1.82, 2.24) is 9.80 Å². The van der Waals surface area contributed by atoms with Gasteiger partial charge in [0.05, 0.1) is 6.04 Å². The highest BCUT2D eigenvalue weighted by Gasteiger charge is 2.36. The number of hydrogen-bond acceptors (Lipinski definition) is 3. The number of carbonyl (C=O) groups is 2. The van der Waals surface area contributed by atoms with Gasteiger partial charge >= 0.3 is 6.09 Å². The van der Waals surface area contributed by atoms with E-state index in [1.54, 1.807) is 4.90 Å². The lowest BCUT2D eigenvalue weighted by Crippen LogP contribution is -2.50. The minimum Gasteiger partial charge on any atom is -0.444 e. The third kappa shape index (κ3) is 3.58. The third-order valence-corrected chi connectivity index (χ3v) is 4.88. The molecule has 5 nitrogen and oxygen atoms in total. The SMILES string of the molecule is CC(C)(C)OC(=O)N1CCC[C@H](N2Cc3cc(Br)ccc3C2=O)C1. The molecule has 1 aromatic carbocycles. The molecule has 3 rings (SSSR count). The minimum absolute atomic E-state index is 0.0462. The van der Waals surface area contributed by atoms with Crippen molar-refractivity contribution in [3.8, 4) is 0 Å². The Morgan fingerprint density at radius 2 is 2.08 bits per heavy atom. The molecule has 6 heteroatoms. The van der Waals surface area contributed by atoms with Crippen LogP contribution in [0.25, 0.3) is 0 Å². The van der Waals surface area contributed by atoms with Gasteiger partial charge < -0.3 is 14.5 Å². The van der Waals surface area contributed by atoms with E-state index < -0.39 is 5.60 Å². The number of halogens is 1. The van der Waals surface area contributed by atoms with Crippen LogP contribution in [0.5, 0.6) is 0 Å². The van der Waals surface area contributed by atoms with E-state index in [1.165, 1.54) is 0 Å². The fourth-order valence-electron chi connectivity index (χ4n) is 3.31. The Morgan fingerprint density at radius 1 is 1.33 bits per heavy atom. The molecule has 2 aliphatic rings. The maximum Gasteiger partial charge on any atom is 0.410 e. The number of fused-ring (bicyclic) bond motifs is 1. The molecular formula is C18H23BrN2O3. The average molecular weight is 395 g/mol. The van der Waals surface area contributed by atoms with Crippen LogP contribution in [0.15, 0.2) is 22.7 Å². The number of amides is 2. The molecule has 0 aliphatic carbocycles. The molecule has 2 amide bonds. The Balaban J connectivity index is 1.70. The van der Waals surface area contributed by atoms with E-state index >= 15 is 0 Å². The van der Waals surface area contributed by atoms with E-state index in [-0.39, 0.29) is 18.0 Å². The fraction of sp³-hybridized carbons (Fsp3) is 0.556. The predicted octanol–water partition coefficient (Wildman–Crippen LogP) is 3.80. The van der Waals surface area contributed by atoms with E-state index in [1.807, 2.05) is 43.9 Å². The number of ether oxygens (including phenoxy) is 1. The summed E-state index contributed by atoms with van der Waals surface area (Å²) in [6.45, 7) is 7.43. The summed E-state index contributed by atoms with van der Waals surface area (Å²) in [5, 5.41) is 0. The first-order chi connectivity index (χ1) is 11.2. The fourth-order valence-corrected chi connectivity index (χ4v) is 3.72. The lowest BCUT2D eigenvalue weighted by molar-refractivity contribution is 0.0106. The van der Waals surface area contributed by atoms with E-state index in [2.05, 4.69) is 15.9 Å². The van der Waals surface area contributed by atoms with Gasteiger partial charge in [-0.05, 0) is 57.4 Å². The first-order valence-corrected chi connectivity index (χ1v) is 9.11. The molecule has 2 heterocycles. The number of piperidine rings is 1. The van der Waals surface area contributed by atoms with Crippen LogP contribution in [0.1, 0.15) is 49.5 Å². The van der Waals surface area contributed by atoms with E-state index in [4.69, 9.17) is 4.74 Å². The summed E-state index contributed by atoms with van der Waals surface area (Å²) in [5.41, 5.74) is 1.31. The topological polar surface area (TPSA) is 49.9 Å². The summed E-state index contributed by atoms with van der Waals surface area (Å²) in [4.78, 5) is 28.6. The van der Waals surface area contributed by atoms with Crippen LogP contribution < -0.4 is 0 Å². The number of likely N-dealkylation sites (tertiary alicyclic amines) is 1. The third-order valence-electron chi connectivity index (χ3n) is 4.39. The Morgan fingerprint density at radius 3 is 2.79 bits per heavy atom. The van der Waals surface area contributed by atoms with Gasteiger partial charge in [0, 0.05) is 29.7 Å². The van der Waals surface area contributed by atoms with Crippen molar-refractivity contribution in [2.24, 2.45) is 0 Å². The summed E-state index contributed by atoms with van der Waals surface area (Å²) >= 11 is 3.46. The second-order valence-electron chi connectivity index (χ2n) is 7.46. The molecule has 0 spiro atoms. The van der Waals surface area contributed by atoms with Crippen LogP contribution in [-0.2, 0) is 11.3 Å². The largest absolute Gasteiger partial charge is 0.444 e. The Labute approximate surface area is 151 Å². The van der Waals surface area contributed by atoms with Gasteiger partial charge in [-0.25, -0.2) is 4.79 Å². The standard InChI is InChI=1S/C18H23BrN2O3/c1-18(2,3)24-17(23)20-8-4-5-14(11-20)21-10-12-9-13(19)6-7-15(12)16(21)22/h6-7,9,14H,4-5,8,10-11H2,1-3H3/t14-/m0/s1. The van der Waals surface area contributed by atoms with Crippen LogP contribution in [0.2, 0.25) is 0 Å². The highest BCUT2D eigenvalue weighted by molar-refractivity contribution is 9.10. The molecule has 0 aromatic heterocycles. The zero-order valence-corrected chi connectivity index (χ0v) is 15.9. The summed E-state index contributed by atoms with van der Waals surface area (Å²) in [7, 11) is 0. The first-order valence-electron chi connectivity index (χ1n) is 8.32. The highest BCUT2D eigenvalue weighted by atomic mass is 79.9. The smallest absolute Gasteiger partial charge is 0.410 e. The highest BCUT2D eigenvalue weighted by Crippen LogP contribution is 2.30. The molecule has 1 aromatic rings. The normalized spacial score (nSPS) is 21.0. The molecule has 1 atom stereocenters. The quantitative estimate of drug-likeness (QED) is 0.727. The predicted molar refractivity (Wildman–Crippen MR) is 94.8 cm³/mol. The molecule has 0 radical (unpaired) electrons. The van der Waals surface area contributed by atoms with Gasteiger partial charge in [0.1, 0.15) is 5.60 Å². The molecule has 2 aliphatic heterocycles. The van der Waals surface area contributed by atoms with Crippen molar-refractivity contribution in [2.45, 2.75) is 51.8 Å². The van der Waals surface area contributed by atoms with Crippen LogP contribution in [-0.4, -0.2) is 46.5 Å². The summed E-state index contributed by atoms with van der Waals surface area (Å²) < 4.78 is 6.45. The molecule has 130 valence electrons. The van der Waals surface area contributed by atoms with Crippen molar-refractivity contribution >= 4 is 27.9 Å². The van der Waals surface area contributed by atoms with Gasteiger partial charge in [0.25, 0.3) is 5.91 Å². The number of carbonyl (C=O) groups excluding carboxylic acids is 2. The zero-order valence-electron chi connectivity index (χ0n) is 14.3. The summed E-state index contributed by atoms with van der Waals surface area (Å²) in [5.74, 6) is 0.0635. The minimum atomic E-state index is -0.504. The van der Waals surface area contributed by atoms with Crippen LogP contribution in [0.3, 0.4) is 0 Å². The van der Waals surface area contributed by atoms with Crippen molar-refractivity contribution in [1.29, 1.82) is 0 Å².